The summed E-state index contributed by atoms with van der Waals surface area (Å²) in [6.07, 6.45) is 2.17. The molecule has 2 aromatic rings. The van der Waals surface area contributed by atoms with Crippen LogP contribution in [0.15, 0.2) is 42.5 Å². The number of nitrogens with one attached hydrogen (secondary N) is 1. The molecule has 3 heteroatoms. The molecule has 0 saturated carbocycles. The average molecular weight is 261 g/mol. The minimum atomic E-state index is 0.653. The van der Waals surface area contributed by atoms with Gasteiger partial charge in [-0.2, -0.15) is 0 Å². The Morgan fingerprint density at radius 2 is 1.89 bits per heavy atom. The van der Waals surface area contributed by atoms with Gasteiger partial charge < -0.3 is 11.1 Å². The Morgan fingerprint density at radius 3 is 2.61 bits per heavy atom. The predicted octanol–water partition coefficient (Wildman–Crippen LogP) is 4.62. The number of para-hydroxylation sites is 1. The first-order chi connectivity index (χ1) is 8.70. The molecule has 0 bridgehead atoms. The van der Waals surface area contributed by atoms with E-state index in [4.69, 9.17) is 17.3 Å². The number of nitrogens with two attached hydrogens (primary N) is 1. The zero-order valence-electron chi connectivity index (χ0n) is 10.4. The zero-order chi connectivity index (χ0) is 13.0. The van der Waals surface area contributed by atoms with Gasteiger partial charge in [0.1, 0.15) is 0 Å². The second-order valence-electron chi connectivity index (χ2n) is 4.26. The maximum Gasteiger partial charge on any atom is 0.0619 e. The lowest BCUT2D eigenvalue weighted by atomic mass is 10.1. The van der Waals surface area contributed by atoms with Crippen LogP contribution in [0.2, 0.25) is 5.02 Å². The molecule has 0 aromatic heterocycles. The van der Waals surface area contributed by atoms with Crippen molar-refractivity contribution in [2.24, 2.45) is 0 Å². The summed E-state index contributed by atoms with van der Waals surface area (Å²) in [5.74, 6) is 0. The van der Waals surface area contributed by atoms with Gasteiger partial charge in [0.15, 0.2) is 0 Å². The SMILES string of the molecule is CCCc1ccccc1Nc1ccc(Cl)cc1N. The molecular weight excluding hydrogens is 244 g/mol. The van der Waals surface area contributed by atoms with E-state index in [0.29, 0.717) is 10.7 Å². The Labute approximate surface area is 113 Å². The molecule has 3 N–H and O–H groups in total. The maximum absolute atomic E-state index is 5.95. The van der Waals surface area contributed by atoms with Crippen LogP contribution in [-0.2, 0) is 6.42 Å². The standard InChI is InChI=1S/C15H17ClN2/c1-2-5-11-6-3-4-7-14(11)18-15-9-8-12(16)10-13(15)17/h3-4,6-10,18H,2,5,17H2,1H3. The molecule has 2 aromatic carbocycles. The monoisotopic (exact) mass is 260 g/mol. The van der Waals surface area contributed by atoms with E-state index in [9.17, 15) is 0 Å². The van der Waals surface area contributed by atoms with Crippen molar-refractivity contribution < 1.29 is 0 Å². The molecular formula is C15H17ClN2. The summed E-state index contributed by atoms with van der Waals surface area (Å²) in [5, 5.41) is 4.02. The molecule has 0 spiro atoms. The van der Waals surface area contributed by atoms with Crippen molar-refractivity contribution in [1.29, 1.82) is 0 Å². The van der Waals surface area contributed by atoms with Crippen molar-refractivity contribution in [3.8, 4) is 0 Å². The summed E-state index contributed by atoms with van der Waals surface area (Å²) in [6, 6.07) is 13.8. The van der Waals surface area contributed by atoms with Gasteiger partial charge in [-0.3, -0.25) is 0 Å². The number of hydrogen-bond acceptors (Lipinski definition) is 2. The minimum absolute atomic E-state index is 0.653. The van der Waals surface area contributed by atoms with Crippen LogP contribution in [0.25, 0.3) is 0 Å². The quantitative estimate of drug-likeness (QED) is 0.788. The van der Waals surface area contributed by atoms with Gasteiger partial charge in [-0.15, -0.1) is 0 Å². The van der Waals surface area contributed by atoms with Crippen LogP contribution in [0.1, 0.15) is 18.9 Å². The van der Waals surface area contributed by atoms with Crippen LogP contribution < -0.4 is 11.1 Å². The van der Waals surface area contributed by atoms with Crippen LogP contribution >= 0.6 is 11.6 Å². The molecule has 0 amide bonds. The molecule has 18 heavy (non-hydrogen) atoms. The first-order valence-electron chi connectivity index (χ1n) is 6.10. The number of halogens is 1. The highest BCUT2D eigenvalue weighted by Crippen LogP contribution is 2.28. The summed E-state index contributed by atoms with van der Waals surface area (Å²) in [4.78, 5) is 0. The van der Waals surface area contributed by atoms with Crippen LogP contribution in [0.3, 0.4) is 0 Å². The molecule has 0 fully saturated rings. The summed E-state index contributed by atoms with van der Waals surface area (Å²) in [5.41, 5.74) is 9.90. The lowest BCUT2D eigenvalue weighted by Gasteiger charge is -2.13. The normalized spacial score (nSPS) is 10.3. The van der Waals surface area contributed by atoms with E-state index >= 15 is 0 Å². The van der Waals surface area contributed by atoms with E-state index in [2.05, 4.69) is 30.4 Å². The Kier molecular flexibility index (Phi) is 4.11. The third-order valence-corrected chi connectivity index (χ3v) is 3.05. The van der Waals surface area contributed by atoms with E-state index in [1.54, 1.807) is 6.07 Å². The topological polar surface area (TPSA) is 38.0 Å². The van der Waals surface area contributed by atoms with E-state index in [-0.39, 0.29) is 0 Å². The molecule has 0 aliphatic carbocycles. The molecule has 0 heterocycles. The zero-order valence-corrected chi connectivity index (χ0v) is 11.2. The second kappa shape index (κ2) is 5.78. The molecule has 0 unspecified atom stereocenters. The predicted molar refractivity (Wildman–Crippen MR) is 79.6 cm³/mol. The molecule has 2 nitrogen and oxygen atoms in total. The van der Waals surface area contributed by atoms with Gasteiger partial charge in [0.25, 0.3) is 0 Å². The highest BCUT2D eigenvalue weighted by Gasteiger charge is 2.04. The smallest absolute Gasteiger partial charge is 0.0619 e. The van der Waals surface area contributed by atoms with Crippen molar-refractivity contribution >= 4 is 28.7 Å². The summed E-state index contributed by atoms with van der Waals surface area (Å²) in [7, 11) is 0. The Balaban J connectivity index is 2.28. The second-order valence-corrected chi connectivity index (χ2v) is 4.70. The molecule has 94 valence electrons. The van der Waals surface area contributed by atoms with Crippen LogP contribution in [0.5, 0.6) is 0 Å². The van der Waals surface area contributed by atoms with Gasteiger partial charge >= 0.3 is 0 Å². The lowest BCUT2D eigenvalue weighted by Crippen LogP contribution is -1.99. The summed E-state index contributed by atoms with van der Waals surface area (Å²) < 4.78 is 0. The summed E-state index contributed by atoms with van der Waals surface area (Å²) in [6.45, 7) is 2.17. The maximum atomic E-state index is 5.95. The van der Waals surface area contributed by atoms with E-state index in [1.807, 2.05) is 18.2 Å². The van der Waals surface area contributed by atoms with E-state index in [1.165, 1.54) is 5.56 Å². The van der Waals surface area contributed by atoms with Gasteiger partial charge in [-0.1, -0.05) is 43.1 Å². The molecule has 0 atom stereocenters. The van der Waals surface area contributed by atoms with Gasteiger partial charge in [-0.25, -0.2) is 0 Å². The third-order valence-electron chi connectivity index (χ3n) is 2.82. The minimum Gasteiger partial charge on any atom is -0.397 e. The van der Waals surface area contributed by atoms with Crippen LogP contribution in [0, 0.1) is 0 Å². The molecule has 0 aliphatic rings. The molecule has 0 saturated heterocycles. The average Bonchev–Trinajstić information content (AvgIpc) is 2.35. The highest BCUT2D eigenvalue weighted by atomic mass is 35.5. The van der Waals surface area contributed by atoms with Gasteiger partial charge in [-0.05, 0) is 36.2 Å². The number of nitrogen functional groups attached to an aromatic ring is 1. The van der Waals surface area contributed by atoms with E-state index in [0.717, 1.165) is 24.2 Å². The lowest BCUT2D eigenvalue weighted by molar-refractivity contribution is 0.923. The Hall–Kier alpha value is -1.67. The van der Waals surface area contributed by atoms with Gasteiger partial charge in [0.2, 0.25) is 0 Å². The van der Waals surface area contributed by atoms with Crippen molar-refractivity contribution in [2.75, 3.05) is 11.1 Å². The Bertz CT molecular complexity index is 538. The van der Waals surface area contributed by atoms with Crippen LogP contribution in [0.4, 0.5) is 17.1 Å². The van der Waals surface area contributed by atoms with Gasteiger partial charge in [0.05, 0.1) is 11.4 Å². The summed E-state index contributed by atoms with van der Waals surface area (Å²) >= 11 is 5.89. The first-order valence-corrected chi connectivity index (χ1v) is 6.48. The number of hydrogen-bond donors (Lipinski definition) is 2. The largest absolute Gasteiger partial charge is 0.397 e. The van der Waals surface area contributed by atoms with Crippen molar-refractivity contribution in [3.63, 3.8) is 0 Å². The molecule has 2 rings (SSSR count). The molecule has 0 radical (unpaired) electrons. The van der Waals surface area contributed by atoms with Crippen LogP contribution in [-0.4, -0.2) is 0 Å². The first kappa shape index (κ1) is 12.8. The number of rotatable bonds is 4. The number of benzene rings is 2. The number of aryl methyl sites for hydroxylation is 1. The van der Waals surface area contributed by atoms with E-state index < -0.39 is 0 Å². The Morgan fingerprint density at radius 1 is 1.11 bits per heavy atom. The van der Waals surface area contributed by atoms with Crippen molar-refractivity contribution in [1.82, 2.24) is 0 Å². The fourth-order valence-electron chi connectivity index (χ4n) is 1.92. The fraction of sp³-hybridized carbons (Fsp3) is 0.200. The molecule has 0 aliphatic heterocycles. The van der Waals surface area contributed by atoms with Crippen molar-refractivity contribution in [2.45, 2.75) is 19.8 Å². The van der Waals surface area contributed by atoms with Gasteiger partial charge in [0, 0.05) is 10.7 Å². The van der Waals surface area contributed by atoms with Crippen molar-refractivity contribution in [3.05, 3.63) is 53.1 Å². The number of anilines is 3. The third kappa shape index (κ3) is 2.96. The fourth-order valence-corrected chi connectivity index (χ4v) is 2.10. The highest BCUT2D eigenvalue weighted by molar-refractivity contribution is 6.31.